The van der Waals surface area contributed by atoms with E-state index in [9.17, 15) is 0 Å². The minimum atomic E-state index is 0.250. The maximum absolute atomic E-state index is 6.35. The summed E-state index contributed by atoms with van der Waals surface area (Å²) in [4.78, 5) is 2.43. The molecule has 0 radical (unpaired) electrons. The Kier molecular flexibility index (Phi) is 9.40. The maximum Gasteiger partial charge on any atom is 0.124 e. The molecule has 2 heterocycles. The lowest BCUT2D eigenvalue weighted by atomic mass is 10.0. The molecule has 3 aromatic carbocycles. The number of anilines is 2. The van der Waals surface area contributed by atoms with Crippen LogP contribution in [0.15, 0.2) is 66.7 Å². The number of hydrogen-bond acceptors (Lipinski definition) is 6. The maximum atomic E-state index is 6.35. The largest absolute Gasteiger partial charge is 0.496 e. The van der Waals surface area contributed by atoms with Crippen LogP contribution in [0.25, 0.3) is 0 Å². The number of fused-ring (bicyclic) bond motifs is 1. The summed E-state index contributed by atoms with van der Waals surface area (Å²) in [6, 6.07) is 23.1. The number of piperidine rings is 1. The van der Waals surface area contributed by atoms with Crippen LogP contribution in [0.4, 0.5) is 11.4 Å². The lowest BCUT2D eigenvalue weighted by Crippen LogP contribution is -2.39. The van der Waals surface area contributed by atoms with Crippen LogP contribution in [0.2, 0.25) is 0 Å². The van der Waals surface area contributed by atoms with E-state index in [0.29, 0.717) is 26.4 Å². The Hall–Kier alpha value is -3.22. The van der Waals surface area contributed by atoms with E-state index in [-0.39, 0.29) is 6.10 Å². The highest BCUT2D eigenvalue weighted by atomic mass is 16.5. The van der Waals surface area contributed by atoms with Crippen molar-refractivity contribution in [2.45, 2.75) is 51.4 Å². The Morgan fingerprint density at radius 3 is 2.74 bits per heavy atom. The van der Waals surface area contributed by atoms with Gasteiger partial charge in [0.1, 0.15) is 11.5 Å². The lowest BCUT2D eigenvalue weighted by Gasteiger charge is -2.34. The zero-order valence-electron chi connectivity index (χ0n) is 22.5. The second-order valence-electron chi connectivity index (χ2n) is 10.1. The molecule has 5 rings (SSSR count). The van der Waals surface area contributed by atoms with Crippen molar-refractivity contribution in [1.82, 2.24) is 0 Å². The summed E-state index contributed by atoms with van der Waals surface area (Å²) < 4.78 is 23.5. The number of hydrogen-bond donors (Lipinski definition) is 1. The van der Waals surface area contributed by atoms with E-state index >= 15 is 0 Å². The van der Waals surface area contributed by atoms with Crippen LogP contribution < -0.4 is 19.7 Å². The molecule has 0 aliphatic carbocycles. The van der Waals surface area contributed by atoms with E-state index in [4.69, 9.17) is 18.9 Å². The quantitative estimate of drug-likeness (QED) is 0.288. The molecule has 1 fully saturated rings. The summed E-state index contributed by atoms with van der Waals surface area (Å²) in [6.07, 6.45) is 5.73. The predicted octanol–water partition coefficient (Wildman–Crippen LogP) is 6.22. The highest BCUT2D eigenvalue weighted by molar-refractivity contribution is 5.55. The first-order chi connectivity index (χ1) is 18.8. The Labute approximate surface area is 226 Å². The first kappa shape index (κ1) is 26.4. The molecule has 38 heavy (non-hydrogen) atoms. The van der Waals surface area contributed by atoms with Crippen LogP contribution in [0.1, 0.15) is 42.4 Å². The summed E-state index contributed by atoms with van der Waals surface area (Å²) in [7, 11) is 1.68. The van der Waals surface area contributed by atoms with Crippen molar-refractivity contribution in [3.8, 4) is 11.5 Å². The average molecular weight is 517 g/mol. The summed E-state index contributed by atoms with van der Waals surface area (Å²) in [5.41, 5.74) is 6.25. The highest BCUT2D eigenvalue weighted by Gasteiger charge is 2.21. The second kappa shape index (κ2) is 13.5. The highest BCUT2D eigenvalue weighted by Crippen LogP contribution is 2.26. The minimum absolute atomic E-state index is 0.250. The first-order valence-corrected chi connectivity index (χ1v) is 13.9. The molecule has 0 spiro atoms. The van der Waals surface area contributed by atoms with Gasteiger partial charge in [0, 0.05) is 43.0 Å². The standard InChI is InChI=1S/C32H40N2O4/c1-35-32-10-3-2-7-27(32)24-36-19-6-20-37-29-15-13-28(14-16-29)34-18-5-9-30(22-34)38-23-25-11-12-26-8-4-17-33-31(26)21-25/h2-3,7,10-16,21,30,33H,4-6,8-9,17-20,22-24H2,1H3. The van der Waals surface area contributed by atoms with Gasteiger partial charge < -0.3 is 29.2 Å². The van der Waals surface area contributed by atoms with Gasteiger partial charge in [0.25, 0.3) is 0 Å². The van der Waals surface area contributed by atoms with Gasteiger partial charge in [-0.15, -0.1) is 0 Å². The summed E-state index contributed by atoms with van der Waals surface area (Å²) in [5.74, 6) is 1.76. The zero-order valence-corrected chi connectivity index (χ0v) is 22.5. The molecule has 6 heteroatoms. The van der Waals surface area contributed by atoms with E-state index in [1.165, 1.54) is 35.3 Å². The number of methoxy groups -OCH3 is 1. The molecule has 0 bridgehead atoms. The van der Waals surface area contributed by atoms with E-state index in [0.717, 1.165) is 56.0 Å². The number of rotatable bonds is 12. The fraction of sp³-hybridized carbons (Fsp3) is 0.438. The number of benzene rings is 3. The van der Waals surface area contributed by atoms with Gasteiger partial charge in [0.2, 0.25) is 0 Å². The van der Waals surface area contributed by atoms with Crippen LogP contribution in [0, 0.1) is 0 Å². The number of para-hydroxylation sites is 1. The molecule has 2 aliphatic rings. The third-order valence-corrected chi connectivity index (χ3v) is 7.33. The van der Waals surface area contributed by atoms with Gasteiger partial charge in [-0.25, -0.2) is 0 Å². The molecule has 202 valence electrons. The van der Waals surface area contributed by atoms with Gasteiger partial charge in [0.15, 0.2) is 0 Å². The Morgan fingerprint density at radius 1 is 0.947 bits per heavy atom. The van der Waals surface area contributed by atoms with Gasteiger partial charge in [-0.05, 0) is 73.2 Å². The van der Waals surface area contributed by atoms with Gasteiger partial charge >= 0.3 is 0 Å². The van der Waals surface area contributed by atoms with Crippen LogP contribution in [-0.2, 0) is 29.1 Å². The summed E-state index contributed by atoms with van der Waals surface area (Å²) in [5, 5.41) is 3.52. The SMILES string of the molecule is COc1ccccc1COCCCOc1ccc(N2CCCC(OCc3ccc4c(c3)NCCC4)C2)cc1. The van der Waals surface area contributed by atoms with Gasteiger partial charge in [-0.3, -0.25) is 0 Å². The lowest BCUT2D eigenvalue weighted by molar-refractivity contribution is 0.0316. The topological polar surface area (TPSA) is 52.2 Å². The molecule has 0 aromatic heterocycles. The summed E-state index contributed by atoms with van der Waals surface area (Å²) in [6.45, 7) is 5.54. The van der Waals surface area contributed by atoms with Crippen molar-refractivity contribution in [3.63, 3.8) is 0 Å². The number of aryl methyl sites for hydroxylation is 1. The smallest absolute Gasteiger partial charge is 0.124 e. The van der Waals surface area contributed by atoms with Crippen LogP contribution >= 0.6 is 0 Å². The molecule has 2 aliphatic heterocycles. The fourth-order valence-electron chi connectivity index (χ4n) is 5.23. The number of nitrogens with zero attached hydrogens (tertiary/aromatic N) is 1. The summed E-state index contributed by atoms with van der Waals surface area (Å²) >= 11 is 0. The predicted molar refractivity (Wildman–Crippen MR) is 152 cm³/mol. The third kappa shape index (κ3) is 7.21. The van der Waals surface area contributed by atoms with E-state index in [2.05, 4.69) is 52.7 Å². The molecule has 3 aromatic rings. The molecule has 0 saturated carbocycles. The molecule has 1 unspecified atom stereocenters. The van der Waals surface area contributed by atoms with Crippen LogP contribution in [0.5, 0.6) is 11.5 Å². The Balaban J connectivity index is 1.02. The molecule has 1 saturated heterocycles. The van der Waals surface area contributed by atoms with Crippen molar-refractivity contribution >= 4 is 11.4 Å². The van der Waals surface area contributed by atoms with Crippen molar-refractivity contribution in [1.29, 1.82) is 0 Å². The van der Waals surface area contributed by atoms with Crippen molar-refractivity contribution < 1.29 is 18.9 Å². The number of nitrogens with one attached hydrogen (secondary N) is 1. The molecular formula is C32H40N2O4. The second-order valence-corrected chi connectivity index (χ2v) is 10.1. The minimum Gasteiger partial charge on any atom is -0.496 e. The van der Waals surface area contributed by atoms with Crippen molar-refractivity contribution in [3.05, 3.63) is 83.4 Å². The van der Waals surface area contributed by atoms with Gasteiger partial charge in [0.05, 0.1) is 39.6 Å². The number of ether oxygens (including phenoxy) is 4. The van der Waals surface area contributed by atoms with Crippen LogP contribution in [-0.4, -0.2) is 46.1 Å². The van der Waals surface area contributed by atoms with Gasteiger partial charge in [-0.2, -0.15) is 0 Å². The first-order valence-electron chi connectivity index (χ1n) is 13.9. The van der Waals surface area contributed by atoms with Crippen molar-refractivity contribution in [2.24, 2.45) is 0 Å². The van der Waals surface area contributed by atoms with Gasteiger partial charge in [-0.1, -0.05) is 30.3 Å². The third-order valence-electron chi connectivity index (χ3n) is 7.33. The Morgan fingerprint density at radius 2 is 1.84 bits per heavy atom. The monoisotopic (exact) mass is 516 g/mol. The normalized spacial score (nSPS) is 17.0. The molecule has 0 amide bonds. The van der Waals surface area contributed by atoms with E-state index in [1.54, 1.807) is 7.11 Å². The van der Waals surface area contributed by atoms with E-state index in [1.807, 2.05) is 24.3 Å². The molecule has 1 N–H and O–H groups in total. The average Bonchev–Trinajstić information content (AvgIpc) is 2.98. The van der Waals surface area contributed by atoms with Crippen LogP contribution in [0.3, 0.4) is 0 Å². The molecule has 6 nitrogen and oxygen atoms in total. The van der Waals surface area contributed by atoms with Crippen molar-refractivity contribution in [2.75, 3.05) is 50.2 Å². The van der Waals surface area contributed by atoms with E-state index < -0.39 is 0 Å². The Bertz CT molecular complexity index is 1150. The molecule has 1 atom stereocenters. The zero-order chi connectivity index (χ0) is 26.0. The molecular weight excluding hydrogens is 476 g/mol. The fourth-order valence-corrected chi connectivity index (χ4v) is 5.23.